The molecule has 4 rings (SSSR count). The summed E-state index contributed by atoms with van der Waals surface area (Å²) in [4.78, 5) is 33.1. The van der Waals surface area contributed by atoms with E-state index < -0.39 is 0 Å². The van der Waals surface area contributed by atoms with Gasteiger partial charge in [-0.3, -0.25) is 14.9 Å². The number of hydrogen-bond acceptors (Lipinski definition) is 6. The van der Waals surface area contributed by atoms with Gasteiger partial charge in [-0.25, -0.2) is 4.98 Å². The summed E-state index contributed by atoms with van der Waals surface area (Å²) in [5.74, 6) is 0.0889. The molecule has 0 aliphatic heterocycles. The maximum absolute atomic E-state index is 13.1. The number of fused-ring (bicyclic) bond motifs is 1. The summed E-state index contributed by atoms with van der Waals surface area (Å²) in [6.45, 7) is 2.52. The van der Waals surface area contributed by atoms with E-state index >= 15 is 0 Å². The number of aryl methyl sites for hydroxylation is 1. The van der Waals surface area contributed by atoms with E-state index in [1.54, 1.807) is 30.8 Å². The Hall–Kier alpha value is -3.59. The quantitative estimate of drug-likeness (QED) is 0.432. The van der Waals surface area contributed by atoms with Crippen LogP contribution >= 0.6 is 11.3 Å². The SMILES string of the molecule is CCC1=CC(c2ccc(C(=O)Nc3nc4cc(N)c(N)cc4n3CCC(=O)N(C)C)s2)=CCC1. The number of nitrogens with one attached hydrogen (secondary N) is 1. The van der Waals surface area contributed by atoms with Gasteiger partial charge < -0.3 is 20.9 Å². The maximum Gasteiger partial charge on any atom is 0.268 e. The molecule has 0 saturated carbocycles. The van der Waals surface area contributed by atoms with Crippen molar-refractivity contribution in [1.29, 1.82) is 0 Å². The van der Waals surface area contributed by atoms with E-state index in [1.165, 1.54) is 27.4 Å². The van der Waals surface area contributed by atoms with E-state index in [9.17, 15) is 9.59 Å². The molecule has 2 amide bonds. The molecule has 0 atom stereocenters. The van der Waals surface area contributed by atoms with E-state index in [4.69, 9.17) is 11.5 Å². The molecule has 8 nitrogen and oxygen atoms in total. The molecule has 5 N–H and O–H groups in total. The van der Waals surface area contributed by atoms with Crippen molar-refractivity contribution in [2.45, 2.75) is 39.2 Å². The predicted octanol–water partition coefficient (Wildman–Crippen LogP) is 4.51. The summed E-state index contributed by atoms with van der Waals surface area (Å²) in [6, 6.07) is 7.23. The van der Waals surface area contributed by atoms with Gasteiger partial charge in [-0.1, -0.05) is 24.6 Å². The van der Waals surface area contributed by atoms with Crippen LogP contribution in [-0.2, 0) is 11.3 Å². The van der Waals surface area contributed by atoms with Crippen LogP contribution in [0.2, 0.25) is 0 Å². The van der Waals surface area contributed by atoms with Crippen molar-refractivity contribution in [1.82, 2.24) is 14.5 Å². The van der Waals surface area contributed by atoms with Gasteiger partial charge in [0.05, 0.1) is 27.3 Å². The van der Waals surface area contributed by atoms with Crippen molar-refractivity contribution < 1.29 is 9.59 Å². The number of allylic oxidation sites excluding steroid dienone is 4. The molecular formula is C25H30N6O2S. The molecule has 0 fully saturated rings. The number of nitrogen functional groups attached to an aromatic ring is 2. The van der Waals surface area contributed by atoms with Gasteiger partial charge in [0.1, 0.15) is 0 Å². The van der Waals surface area contributed by atoms with Gasteiger partial charge in [-0.15, -0.1) is 11.3 Å². The maximum atomic E-state index is 13.1. The molecule has 0 unspecified atom stereocenters. The Kier molecular flexibility index (Phi) is 6.74. The number of amides is 2. The average Bonchev–Trinajstić information content (AvgIpc) is 3.43. The van der Waals surface area contributed by atoms with Gasteiger partial charge in [0.25, 0.3) is 5.91 Å². The highest BCUT2D eigenvalue weighted by atomic mass is 32.1. The first-order valence-corrected chi connectivity index (χ1v) is 12.1. The normalized spacial score (nSPS) is 13.5. The number of nitrogens with two attached hydrogens (primary N) is 2. The lowest BCUT2D eigenvalue weighted by Crippen LogP contribution is -2.23. The van der Waals surface area contributed by atoms with Crippen molar-refractivity contribution in [3.63, 3.8) is 0 Å². The first-order valence-electron chi connectivity index (χ1n) is 11.3. The lowest BCUT2D eigenvalue weighted by atomic mass is 9.97. The molecule has 0 bridgehead atoms. The largest absolute Gasteiger partial charge is 0.397 e. The minimum Gasteiger partial charge on any atom is -0.397 e. The second kappa shape index (κ2) is 9.72. The summed E-state index contributed by atoms with van der Waals surface area (Å²) in [5.41, 5.74) is 16.7. The van der Waals surface area contributed by atoms with Crippen LogP contribution in [0.1, 0.15) is 47.2 Å². The van der Waals surface area contributed by atoms with Crippen molar-refractivity contribution in [2.75, 3.05) is 30.9 Å². The molecular weight excluding hydrogens is 448 g/mol. The lowest BCUT2D eigenvalue weighted by Gasteiger charge is -2.13. The Balaban J connectivity index is 1.61. The van der Waals surface area contributed by atoms with Crippen molar-refractivity contribution in [2.24, 2.45) is 0 Å². The molecule has 1 aromatic carbocycles. The third-order valence-electron chi connectivity index (χ3n) is 5.98. The summed E-state index contributed by atoms with van der Waals surface area (Å²) >= 11 is 1.46. The summed E-state index contributed by atoms with van der Waals surface area (Å²) < 4.78 is 1.80. The van der Waals surface area contributed by atoms with Gasteiger partial charge in [0, 0.05) is 31.9 Å². The topological polar surface area (TPSA) is 119 Å². The first kappa shape index (κ1) is 23.6. The second-order valence-electron chi connectivity index (χ2n) is 8.57. The Labute approximate surface area is 202 Å². The number of benzene rings is 1. The molecule has 0 radical (unpaired) electrons. The van der Waals surface area contributed by atoms with Crippen LogP contribution in [0.15, 0.2) is 42.0 Å². The molecule has 1 aliphatic rings. The van der Waals surface area contributed by atoms with Crippen LogP contribution in [-0.4, -0.2) is 40.4 Å². The molecule has 0 saturated heterocycles. The van der Waals surface area contributed by atoms with Crippen LogP contribution in [0.25, 0.3) is 16.6 Å². The molecule has 3 aromatic rings. The fourth-order valence-electron chi connectivity index (χ4n) is 3.95. The van der Waals surface area contributed by atoms with Crippen LogP contribution in [0, 0.1) is 0 Å². The Bertz CT molecular complexity index is 1310. The van der Waals surface area contributed by atoms with Gasteiger partial charge in [0.15, 0.2) is 0 Å². The monoisotopic (exact) mass is 478 g/mol. The highest BCUT2D eigenvalue weighted by Crippen LogP contribution is 2.32. The number of imidazole rings is 1. The number of rotatable bonds is 7. The highest BCUT2D eigenvalue weighted by Gasteiger charge is 2.19. The van der Waals surface area contributed by atoms with Crippen LogP contribution in [0.5, 0.6) is 0 Å². The first-order chi connectivity index (χ1) is 16.3. The Morgan fingerprint density at radius 1 is 1.21 bits per heavy atom. The van der Waals surface area contributed by atoms with E-state index in [0.717, 1.165) is 24.1 Å². The molecule has 178 valence electrons. The Morgan fingerprint density at radius 2 is 1.97 bits per heavy atom. The van der Waals surface area contributed by atoms with Crippen LogP contribution < -0.4 is 16.8 Å². The molecule has 9 heteroatoms. The minimum atomic E-state index is -0.246. The zero-order valence-corrected chi connectivity index (χ0v) is 20.5. The molecule has 34 heavy (non-hydrogen) atoms. The fraction of sp³-hybridized carbons (Fsp3) is 0.320. The summed E-state index contributed by atoms with van der Waals surface area (Å²) in [7, 11) is 3.43. The van der Waals surface area contributed by atoms with Crippen molar-refractivity contribution in [3.8, 4) is 0 Å². The molecule has 0 spiro atoms. The second-order valence-corrected chi connectivity index (χ2v) is 9.65. The Morgan fingerprint density at radius 3 is 2.71 bits per heavy atom. The van der Waals surface area contributed by atoms with E-state index in [-0.39, 0.29) is 18.2 Å². The summed E-state index contributed by atoms with van der Waals surface area (Å²) in [5, 5.41) is 2.93. The standard InChI is InChI=1S/C25H30N6O2S/c1-4-15-6-5-7-16(12-15)21-8-9-22(34-21)24(33)29-25-28-19-13-17(26)18(27)14-20(19)31(25)11-10-23(32)30(2)3/h7-9,12-14H,4-6,10-11,26-27H2,1-3H3,(H,28,29,33). The number of carbonyl (C=O) groups excluding carboxylic acids is 2. The van der Waals surface area contributed by atoms with Gasteiger partial charge in [-0.05, 0) is 49.1 Å². The van der Waals surface area contributed by atoms with Crippen LogP contribution in [0.4, 0.5) is 17.3 Å². The zero-order chi connectivity index (χ0) is 24.4. The third kappa shape index (κ3) is 4.84. The number of aromatic nitrogens is 2. The van der Waals surface area contributed by atoms with Crippen LogP contribution in [0.3, 0.4) is 0 Å². The van der Waals surface area contributed by atoms with E-state index in [1.807, 2.05) is 12.1 Å². The number of nitrogens with zero attached hydrogens (tertiary/aromatic N) is 3. The van der Waals surface area contributed by atoms with Gasteiger partial charge in [-0.2, -0.15) is 0 Å². The minimum absolute atomic E-state index is 0.0225. The van der Waals surface area contributed by atoms with Crippen molar-refractivity contribution in [3.05, 3.63) is 51.7 Å². The number of hydrogen-bond donors (Lipinski definition) is 3. The van der Waals surface area contributed by atoms with Gasteiger partial charge in [0.2, 0.25) is 11.9 Å². The third-order valence-corrected chi connectivity index (χ3v) is 7.12. The lowest BCUT2D eigenvalue weighted by molar-refractivity contribution is -0.128. The summed E-state index contributed by atoms with van der Waals surface area (Å²) in [6.07, 6.45) is 7.87. The number of thiophene rings is 1. The molecule has 2 heterocycles. The zero-order valence-electron chi connectivity index (χ0n) is 19.7. The fourth-order valence-corrected chi connectivity index (χ4v) is 4.86. The smallest absolute Gasteiger partial charge is 0.268 e. The highest BCUT2D eigenvalue weighted by molar-refractivity contribution is 7.15. The van der Waals surface area contributed by atoms with E-state index in [0.29, 0.717) is 39.8 Å². The number of carbonyl (C=O) groups is 2. The van der Waals surface area contributed by atoms with Gasteiger partial charge >= 0.3 is 0 Å². The predicted molar refractivity (Wildman–Crippen MR) is 140 cm³/mol. The molecule has 1 aliphatic carbocycles. The van der Waals surface area contributed by atoms with Crippen molar-refractivity contribution >= 4 is 57.1 Å². The van der Waals surface area contributed by atoms with E-state index in [2.05, 4.69) is 29.4 Å². The molecule has 2 aromatic heterocycles. The average molecular weight is 479 g/mol. The number of anilines is 3.